The topological polar surface area (TPSA) is 29.5 Å². The highest BCUT2D eigenvalue weighted by Crippen LogP contribution is 2.36. The van der Waals surface area contributed by atoms with Crippen molar-refractivity contribution in [1.82, 2.24) is 4.90 Å². The summed E-state index contributed by atoms with van der Waals surface area (Å²) in [7, 11) is 1.71. The van der Waals surface area contributed by atoms with Crippen LogP contribution in [-0.4, -0.2) is 43.0 Å². The Morgan fingerprint density at radius 2 is 1.95 bits per heavy atom. The first-order valence-corrected chi connectivity index (χ1v) is 8.38. The Balaban J connectivity index is 2.09. The van der Waals surface area contributed by atoms with E-state index in [2.05, 4.69) is 27.8 Å². The number of hydrogen-bond acceptors (Lipinski definition) is 3. The van der Waals surface area contributed by atoms with Gasteiger partial charge in [-0.15, -0.1) is 0 Å². The summed E-state index contributed by atoms with van der Waals surface area (Å²) in [6.45, 7) is 5.71. The van der Waals surface area contributed by atoms with Gasteiger partial charge in [-0.25, -0.2) is 0 Å². The third-order valence-corrected chi connectivity index (χ3v) is 4.92. The molecule has 2 rings (SSSR count). The van der Waals surface area contributed by atoms with Crippen LogP contribution in [0.15, 0.2) is 28.7 Å². The van der Waals surface area contributed by atoms with Gasteiger partial charge in [-0.05, 0) is 44.7 Å². The Hall–Kier alpha value is -0.710. The molecule has 1 aromatic rings. The molecule has 0 spiro atoms. The average Bonchev–Trinajstić information content (AvgIpc) is 3.32. The van der Waals surface area contributed by atoms with Crippen molar-refractivity contribution in [2.75, 3.05) is 20.3 Å². The first kappa shape index (κ1) is 16.7. The van der Waals surface area contributed by atoms with Crippen molar-refractivity contribution >= 4 is 21.7 Å². The highest BCUT2D eigenvalue weighted by molar-refractivity contribution is 9.10. The molecule has 1 aliphatic carbocycles. The number of hydrogen-bond donors (Lipinski definition) is 0. The van der Waals surface area contributed by atoms with Crippen LogP contribution in [0.5, 0.6) is 0 Å². The molecule has 4 heteroatoms. The van der Waals surface area contributed by atoms with Gasteiger partial charge in [-0.2, -0.15) is 0 Å². The van der Waals surface area contributed by atoms with Crippen molar-refractivity contribution < 1.29 is 9.53 Å². The maximum Gasteiger partial charge on any atom is 0.179 e. The smallest absolute Gasteiger partial charge is 0.179 e. The van der Waals surface area contributed by atoms with E-state index in [1.165, 1.54) is 12.8 Å². The number of ether oxygens (including phenoxy) is 1. The molecular weight excluding hydrogens is 330 g/mol. The molecule has 116 valence electrons. The zero-order valence-electron chi connectivity index (χ0n) is 13.0. The monoisotopic (exact) mass is 353 g/mol. The van der Waals surface area contributed by atoms with E-state index >= 15 is 0 Å². The third-order valence-electron chi connectivity index (χ3n) is 4.39. The van der Waals surface area contributed by atoms with Crippen LogP contribution in [0.2, 0.25) is 0 Å². The third kappa shape index (κ3) is 4.38. The maximum absolute atomic E-state index is 12.7. The molecular formula is C17H24BrNO2. The number of methoxy groups -OCH3 is 1. The average molecular weight is 354 g/mol. The van der Waals surface area contributed by atoms with Crippen LogP contribution < -0.4 is 0 Å². The number of nitrogens with zero attached hydrogens (tertiary/aromatic N) is 1. The molecule has 0 saturated heterocycles. The van der Waals surface area contributed by atoms with Crippen molar-refractivity contribution in [3.63, 3.8) is 0 Å². The van der Waals surface area contributed by atoms with E-state index in [9.17, 15) is 4.79 Å². The highest BCUT2D eigenvalue weighted by atomic mass is 79.9. The quantitative estimate of drug-likeness (QED) is 0.666. The lowest BCUT2D eigenvalue weighted by molar-refractivity contribution is 0.0640. The van der Waals surface area contributed by atoms with Gasteiger partial charge in [-0.1, -0.05) is 28.1 Å². The summed E-state index contributed by atoms with van der Waals surface area (Å²) in [6.07, 6.45) is 2.56. The molecule has 3 nitrogen and oxygen atoms in total. The molecule has 1 saturated carbocycles. The van der Waals surface area contributed by atoms with E-state index in [0.717, 1.165) is 22.5 Å². The number of halogens is 1. The lowest BCUT2D eigenvalue weighted by Crippen LogP contribution is -2.47. The van der Waals surface area contributed by atoms with E-state index in [-0.39, 0.29) is 11.8 Å². The fraction of sp³-hybridized carbons (Fsp3) is 0.588. The summed E-state index contributed by atoms with van der Waals surface area (Å²) in [5, 5.41) is 0. The minimum Gasteiger partial charge on any atom is -0.383 e. The number of Topliss-reactive ketones (excluding diaryl/α,β-unsaturated/α-hetero) is 1. The molecule has 1 aromatic carbocycles. The van der Waals surface area contributed by atoms with E-state index < -0.39 is 0 Å². The normalized spacial score (nSPS) is 17.8. The van der Waals surface area contributed by atoms with E-state index in [4.69, 9.17) is 4.74 Å². The van der Waals surface area contributed by atoms with Crippen LogP contribution in [0.25, 0.3) is 0 Å². The molecule has 0 radical (unpaired) electrons. The summed E-state index contributed by atoms with van der Waals surface area (Å²) in [4.78, 5) is 15.0. The molecule has 2 atom stereocenters. The predicted molar refractivity (Wildman–Crippen MR) is 88.7 cm³/mol. The molecule has 0 aliphatic heterocycles. The van der Waals surface area contributed by atoms with Crippen LogP contribution >= 0.6 is 15.9 Å². The van der Waals surface area contributed by atoms with Crippen LogP contribution in [0.1, 0.15) is 37.0 Å². The number of carbonyl (C=O) groups excluding carboxylic acids is 1. The molecule has 2 unspecified atom stereocenters. The molecule has 0 N–H and O–H groups in total. The van der Waals surface area contributed by atoms with E-state index in [0.29, 0.717) is 12.6 Å². The fourth-order valence-electron chi connectivity index (χ4n) is 2.80. The number of rotatable bonds is 8. The Labute approximate surface area is 135 Å². The summed E-state index contributed by atoms with van der Waals surface area (Å²) >= 11 is 3.41. The minimum atomic E-state index is -0.114. The molecule has 0 aromatic heterocycles. The number of benzene rings is 1. The van der Waals surface area contributed by atoms with Gasteiger partial charge < -0.3 is 4.74 Å². The van der Waals surface area contributed by atoms with Crippen LogP contribution in [0.3, 0.4) is 0 Å². The number of ketones is 1. The van der Waals surface area contributed by atoms with Crippen LogP contribution in [0.4, 0.5) is 0 Å². The lowest BCUT2D eigenvalue weighted by Gasteiger charge is -2.33. The van der Waals surface area contributed by atoms with Gasteiger partial charge >= 0.3 is 0 Å². The largest absolute Gasteiger partial charge is 0.383 e. The molecule has 0 amide bonds. The van der Waals surface area contributed by atoms with Gasteiger partial charge in [0, 0.05) is 29.7 Å². The summed E-state index contributed by atoms with van der Waals surface area (Å²) in [5.74, 6) is 0.924. The first-order valence-electron chi connectivity index (χ1n) is 7.59. The van der Waals surface area contributed by atoms with Gasteiger partial charge in [0.15, 0.2) is 5.78 Å². The van der Waals surface area contributed by atoms with Crippen molar-refractivity contribution in [3.05, 3.63) is 34.3 Å². The van der Waals surface area contributed by atoms with Crippen molar-refractivity contribution in [3.8, 4) is 0 Å². The van der Waals surface area contributed by atoms with Crippen LogP contribution in [0, 0.1) is 5.92 Å². The Bertz CT molecular complexity index is 470. The van der Waals surface area contributed by atoms with Crippen molar-refractivity contribution in [2.45, 2.75) is 38.8 Å². The first-order chi connectivity index (χ1) is 10.0. The van der Waals surface area contributed by atoms with E-state index in [1.807, 2.05) is 31.2 Å². The zero-order valence-corrected chi connectivity index (χ0v) is 14.6. The SMILES string of the molecule is COCCN(C(C)C(=O)c1ccc(Br)cc1)C(C)C1CC1. The van der Waals surface area contributed by atoms with Crippen molar-refractivity contribution in [1.29, 1.82) is 0 Å². The second kappa shape index (κ2) is 7.52. The Morgan fingerprint density at radius 1 is 1.33 bits per heavy atom. The highest BCUT2D eigenvalue weighted by Gasteiger charge is 2.35. The molecule has 0 heterocycles. The maximum atomic E-state index is 12.7. The minimum absolute atomic E-state index is 0.114. The van der Waals surface area contributed by atoms with Gasteiger partial charge in [0.2, 0.25) is 0 Å². The fourth-order valence-corrected chi connectivity index (χ4v) is 3.07. The van der Waals surface area contributed by atoms with Crippen molar-refractivity contribution in [2.24, 2.45) is 5.92 Å². The number of carbonyl (C=O) groups is 1. The zero-order chi connectivity index (χ0) is 15.4. The second-order valence-corrected chi connectivity index (χ2v) is 6.77. The van der Waals surface area contributed by atoms with Gasteiger partial charge in [0.1, 0.15) is 0 Å². The Kier molecular flexibility index (Phi) is 5.97. The van der Waals surface area contributed by atoms with E-state index in [1.54, 1.807) is 7.11 Å². The standard InChI is InChI=1S/C17H24BrNO2/c1-12(14-4-5-14)19(10-11-21-3)13(2)17(20)15-6-8-16(18)9-7-15/h6-9,12-14H,4-5,10-11H2,1-3H3. The molecule has 1 fully saturated rings. The summed E-state index contributed by atoms with van der Waals surface area (Å²) in [6, 6.07) is 7.94. The van der Waals surface area contributed by atoms with Gasteiger partial charge in [-0.3, -0.25) is 9.69 Å². The lowest BCUT2D eigenvalue weighted by atomic mass is 10.0. The van der Waals surface area contributed by atoms with Gasteiger partial charge in [0.05, 0.1) is 12.6 Å². The molecule has 21 heavy (non-hydrogen) atoms. The molecule has 1 aliphatic rings. The molecule has 0 bridgehead atoms. The second-order valence-electron chi connectivity index (χ2n) is 5.86. The summed E-state index contributed by atoms with van der Waals surface area (Å²) < 4.78 is 6.21. The van der Waals surface area contributed by atoms with Crippen LogP contribution in [-0.2, 0) is 4.74 Å². The Morgan fingerprint density at radius 3 is 2.48 bits per heavy atom. The predicted octanol–water partition coefficient (Wildman–Crippen LogP) is 3.77. The summed E-state index contributed by atoms with van der Waals surface area (Å²) in [5.41, 5.74) is 0.774. The van der Waals surface area contributed by atoms with Gasteiger partial charge in [0.25, 0.3) is 0 Å².